The molecule has 1 aliphatic rings. The molecule has 1 heterocycles. The second kappa shape index (κ2) is 10.6. The predicted molar refractivity (Wildman–Crippen MR) is 123 cm³/mol. The van der Waals surface area contributed by atoms with Gasteiger partial charge in [-0.2, -0.15) is 0 Å². The Kier molecular flexibility index (Phi) is 7.37. The van der Waals surface area contributed by atoms with Gasteiger partial charge in [0.2, 0.25) is 0 Å². The van der Waals surface area contributed by atoms with Crippen LogP contribution in [0, 0.1) is 0 Å². The van der Waals surface area contributed by atoms with Gasteiger partial charge in [-0.25, -0.2) is 9.59 Å². The Morgan fingerprint density at radius 3 is 1.97 bits per heavy atom. The number of aliphatic hydroxyl groups is 1. The minimum atomic E-state index is -1.41. The first-order valence-corrected chi connectivity index (χ1v) is 11.0. The molecule has 0 radical (unpaired) electrons. The lowest BCUT2D eigenvalue weighted by Gasteiger charge is -2.33. The van der Waals surface area contributed by atoms with Gasteiger partial charge in [0.1, 0.15) is 12.7 Å². The fraction of sp³-hybridized carbons (Fsp3) is 0.259. The van der Waals surface area contributed by atoms with Gasteiger partial charge in [-0.3, -0.25) is 0 Å². The van der Waals surface area contributed by atoms with Crippen molar-refractivity contribution in [2.24, 2.45) is 0 Å². The summed E-state index contributed by atoms with van der Waals surface area (Å²) in [6.45, 7) is 1.54. The van der Waals surface area contributed by atoms with Crippen LogP contribution in [0.15, 0.2) is 91.0 Å². The Balaban J connectivity index is 1.52. The molecule has 1 fully saturated rings. The van der Waals surface area contributed by atoms with E-state index in [9.17, 15) is 14.7 Å². The molecular formula is C27H26O7. The van der Waals surface area contributed by atoms with Crippen LogP contribution in [0.25, 0.3) is 0 Å². The quantitative estimate of drug-likeness (QED) is 0.510. The van der Waals surface area contributed by atoms with E-state index in [1.54, 1.807) is 67.6 Å². The second-order valence-electron chi connectivity index (χ2n) is 8.14. The van der Waals surface area contributed by atoms with Crippen molar-refractivity contribution in [3.63, 3.8) is 0 Å². The summed E-state index contributed by atoms with van der Waals surface area (Å²) in [5.74, 6) is -1.15. The van der Waals surface area contributed by atoms with Crippen LogP contribution in [0.1, 0.15) is 33.2 Å². The summed E-state index contributed by atoms with van der Waals surface area (Å²) in [7, 11) is 0. The molecule has 4 atom stereocenters. The van der Waals surface area contributed by atoms with Crippen LogP contribution in [0.3, 0.4) is 0 Å². The van der Waals surface area contributed by atoms with Gasteiger partial charge in [0, 0.05) is 0 Å². The molecular weight excluding hydrogens is 436 g/mol. The zero-order valence-corrected chi connectivity index (χ0v) is 18.7. The van der Waals surface area contributed by atoms with Crippen molar-refractivity contribution in [1.29, 1.82) is 0 Å². The van der Waals surface area contributed by atoms with Gasteiger partial charge in [-0.05, 0) is 36.8 Å². The van der Waals surface area contributed by atoms with Crippen molar-refractivity contribution in [1.82, 2.24) is 0 Å². The summed E-state index contributed by atoms with van der Waals surface area (Å²) >= 11 is 0. The monoisotopic (exact) mass is 462 g/mol. The molecule has 0 unspecified atom stereocenters. The molecule has 1 N–H and O–H groups in total. The van der Waals surface area contributed by atoms with Crippen LogP contribution in [0.2, 0.25) is 0 Å². The van der Waals surface area contributed by atoms with Crippen molar-refractivity contribution >= 4 is 11.9 Å². The molecule has 0 spiro atoms. The van der Waals surface area contributed by atoms with Gasteiger partial charge in [-0.1, -0.05) is 66.7 Å². The number of benzene rings is 3. The van der Waals surface area contributed by atoms with E-state index in [4.69, 9.17) is 18.9 Å². The number of esters is 2. The maximum absolute atomic E-state index is 12.9. The van der Waals surface area contributed by atoms with Crippen LogP contribution >= 0.6 is 0 Å². The molecule has 1 saturated heterocycles. The molecule has 3 aromatic carbocycles. The lowest BCUT2D eigenvalue weighted by atomic mass is 9.96. The first-order chi connectivity index (χ1) is 16.5. The lowest BCUT2D eigenvalue weighted by Crippen LogP contribution is -2.50. The van der Waals surface area contributed by atoms with Crippen molar-refractivity contribution in [2.75, 3.05) is 6.61 Å². The minimum Gasteiger partial charge on any atom is -0.459 e. The van der Waals surface area contributed by atoms with E-state index in [1.165, 1.54) is 0 Å². The molecule has 0 bridgehead atoms. The summed E-state index contributed by atoms with van der Waals surface area (Å²) < 4.78 is 22.9. The van der Waals surface area contributed by atoms with Gasteiger partial charge in [0.15, 0.2) is 18.0 Å². The number of hydrogen-bond acceptors (Lipinski definition) is 7. The molecule has 3 aromatic rings. The van der Waals surface area contributed by atoms with Crippen molar-refractivity contribution in [3.8, 4) is 0 Å². The average Bonchev–Trinajstić information content (AvgIpc) is 3.12. The summed E-state index contributed by atoms with van der Waals surface area (Å²) in [6.07, 6.45) is -3.39. The zero-order chi connectivity index (χ0) is 24.0. The number of hydrogen-bond donors (Lipinski definition) is 1. The van der Waals surface area contributed by atoms with Crippen molar-refractivity contribution in [2.45, 2.75) is 37.6 Å². The molecule has 4 rings (SSSR count). The van der Waals surface area contributed by atoms with Crippen LogP contribution < -0.4 is 0 Å². The smallest absolute Gasteiger partial charge is 0.338 e. The number of carbonyl (C=O) groups is 2. The maximum atomic E-state index is 12.9. The molecule has 34 heavy (non-hydrogen) atoms. The molecule has 176 valence electrons. The molecule has 1 aliphatic heterocycles. The highest BCUT2D eigenvalue weighted by molar-refractivity contribution is 5.90. The average molecular weight is 462 g/mol. The van der Waals surface area contributed by atoms with E-state index in [1.807, 2.05) is 30.3 Å². The third-order valence-corrected chi connectivity index (χ3v) is 5.72. The zero-order valence-electron chi connectivity index (χ0n) is 18.7. The van der Waals surface area contributed by atoms with Gasteiger partial charge >= 0.3 is 11.9 Å². The largest absolute Gasteiger partial charge is 0.459 e. The lowest BCUT2D eigenvalue weighted by molar-refractivity contribution is -0.198. The Morgan fingerprint density at radius 2 is 1.38 bits per heavy atom. The van der Waals surface area contributed by atoms with Crippen molar-refractivity contribution < 1.29 is 33.6 Å². The number of carbonyl (C=O) groups excluding carboxylic acids is 2. The van der Waals surface area contributed by atoms with Gasteiger partial charge < -0.3 is 24.1 Å². The first-order valence-electron chi connectivity index (χ1n) is 11.0. The molecule has 0 saturated carbocycles. The van der Waals surface area contributed by atoms with E-state index < -0.39 is 36.0 Å². The summed E-state index contributed by atoms with van der Waals surface area (Å²) in [5.41, 5.74) is 0.198. The topological polar surface area (TPSA) is 91.3 Å². The van der Waals surface area contributed by atoms with E-state index in [0.717, 1.165) is 5.56 Å². The number of ether oxygens (including phenoxy) is 4. The van der Waals surface area contributed by atoms with Gasteiger partial charge in [0.05, 0.1) is 17.7 Å². The molecule has 0 aromatic heterocycles. The van der Waals surface area contributed by atoms with E-state index >= 15 is 0 Å². The van der Waals surface area contributed by atoms with Gasteiger partial charge in [0.25, 0.3) is 0 Å². The van der Waals surface area contributed by atoms with E-state index in [-0.39, 0.29) is 13.2 Å². The van der Waals surface area contributed by atoms with Crippen LogP contribution in [0.5, 0.6) is 0 Å². The summed E-state index contributed by atoms with van der Waals surface area (Å²) in [5, 5.41) is 10.8. The van der Waals surface area contributed by atoms with Gasteiger partial charge in [-0.15, -0.1) is 0 Å². The normalized spacial score (nSPS) is 23.9. The SMILES string of the molecule is C[C@@]1(OCc2ccccc2)[C@H](OC(=O)c2ccccc2)[C@@H](COC(=O)c2ccccc2)O[C@@H]1O. The van der Waals surface area contributed by atoms with E-state index in [0.29, 0.717) is 11.1 Å². The molecule has 7 nitrogen and oxygen atoms in total. The third kappa shape index (κ3) is 5.34. The number of rotatable bonds is 8. The Morgan fingerprint density at radius 1 is 0.853 bits per heavy atom. The fourth-order valence-corrected chi connectivity index (χ4v) is 3.74. The van der Waals surface area contributed by atoms with Crippen LogP contribution in [0.4, 0.5) is 0 Å². The van der Waals surface area contributed by atoms with Crippen LogP contribution in [-0.4, -0.2) is 47.8 Å². The minimum absolute atomic E-state index is 0.160. The summed E-state index contributed by atoms with van der Waals surface area (Å²) in [4.78, 5) is 25.3. The second-order valence-corrected chi connectivity index (χ2v) is 8.14. The molecule has 0 aliphatic carbocycles. The Labute approximate surface area is 197 Å². The highest BCUT2D eigenvalue weighted by atomic mass is 16.7. The Hall–Kier alpha value is -3.52. The highest BCUT2D eigenvalue weighted by Crippen LogP contribution is 2.37. The highest BCUT2D eigenvalue weighted by Gasteiger charge is 2.57. The first kappa shape index (κ1) is 23.6. The molecule has 7 heteroatoms. The standard InChI is InChI=1S/C27H26O7/c1-27(32-17-19-11-5-2-6-12-19)23(34-25(29)21-15-9-4-10-16-21)22(33-26(27)30)18-31-24(28)20-13-7-3-8-14-20/h2-16,22-23,26,30H,17-18H2,1H3/t22-,23-,26+,27-/m1/s1. The molecule has 0 amide bonds. The maximum Gasteiger partial charge on any atom is 0.338 e. The predicted octanol–water partition coefficient (Wildman–Crippen LogP) is 3.76. The Bertz CT molecular complexity index is 1090. The van der Waals surface area contributed by atoms with Crippen molar-refractivity contribution in [3.05, 3.63) is 108 Å². The number of aliphatic hydroxyl groups excluding tert-OH is 1. The third-order valence-electron chi connectivity index (χ3n) is 5.72. The fourth-order valence-electron chi connectivity index (χ4n) is 3.74. The summed E-state index contributed by atoms with van der Waals surface area (Å²) in [6, 6.07) is 26.4. The van der Waals surface area contributed by atoms with Crippen LogP contribution in [-0.2, 0) is 25.6 Å². The van der Waals surface area contributed by atoms with E-state index in [2.05, 4.69) is 0 Å².